The SMILES string of the molecule is COc1ccc2c(c1)c1nc(Cl)c3ccccc3c1n2CCCn1c(=O)c(F)cn([C@@H]2O[C@H](CO)[C@@H](O)[C@H]2O)c1=O. The van der Waals surface area contributed by atoms with Crippen LogP contribution < -0.4 is 16.0 Å². The van der Waals surface area contributed by atoms with Crippen molar-refractivity contribution in [2.24, 2.45) is 0 Å². The molecule has 4 heterocycles. The highest BCUT2D eigenvalue weighted by atomic mass is 35.5. The minimum absolute atomic E-state index is 0.152. The van der Waals surface area contributed by atoms with Crippen LogP contribution in [0.15, 0.2) is 58.3 Å². The molecule has 13 heteroatoms. The molecule has 0 radical (unpaired) electrons. The van der Waals surface area contributed by atoms with Gasteiger partial charge < -0.3 is 29.4 Å². The maximum absolute atomic E-state index is 14.7. The Morgan fingerprint density at radius 3 is 2.49 bits per heavy atom. The molecule has 1 saturated heterocycles. The number of aromatic nitrogens is 4. The second-order valence-electron chi connectivity index (χ2n) is 9.89. The number of pyridine rings is 1. The second kappa shape index (κ2) is 10.5. The number of hydrogen-bond acceptors (Lipinski definition) is 8. The molecule has 0 saturated carbocycles. The van der Waals surface area contributed by atoms with Gasteiger partial charge in [-0.25, -0.2) is 9.78 Å². The van der Waals surface area contributed by atoms with E-state index in [-0.39, 0.29) is 13.0 Å². The Morgan fingerprint density at radius 1 is 1.05 bits per heavy atom. The second-order valence-corrected chi connectivity index (χ2v) is 10.2. The van der Waals surface area contributed by atoms with Crippen molar-refractivity contribution >= 4 is 44.3 Å². The Hall–Kier alpha value is -3.81. The first-order valence-corrected chi connectivity index (χ1v) is 13.3. The number of fused-ring (bicyclic) bond motifs is 5. The van der Waals surface area contributed by atoms with Crippen LogP contribution in [-0.2, 0) is 17.8 Å². The van der Waals surface area contributed by atoms with Gasteiger partial charge in [-0.05, 0) is 24.6 Å². The van der Waals surface area contributed by atoms with Gasteiger partial charge in [-0.3, -0.25) is 13.9 Å². The fourth-order valence-electron chi connectivity index (χ4n) is 5.55. The van der Waals surface area contributed by atoms with E-state index in [9.17, 15) is 29.3 Å². The molecule has 2 aromatic carbocycles. The quantitative estimate of drug-likeness (QED) is 0.247. The van der Waals surface area contributed by atoms with Gasteiger partial charge in [0.1, 0.15) is 29.2 Å². The van der Waals surface area contributed by atoms with Crippen molar-refractivity contribution in [3.63, 3.8) is 0 Å². The highest BCUT2D eigenvalue weighted by Gasteiger charge is 2.44. The molecule has 5 aromatic rings. The van der Waals surface area contributed by atoms with Gasteiger partial charge in [0.25, 0.3) is 5.56 Å². The van der Waals surface area contributed by atoms with Crippen LogP contribution >= 0.6 is 11.6 Å². The summed E-state index contributed by atoms with van der Waals surface area (Å²) in [5.74, 6) is -0.587. The molecular weight excluding hydrogens is 559 g/mol. The lowest BCUT2D eigenvalue weighted by atomic mass is 10.1. The summed E-state index contributed by atoms with van der Waals surface area (Å²) < 4.78 is 29.0. The predicted molar refractivity (Wildman–Crippen MR) is 149 cm³/mol. The van der Waals surface area contributed by atoms with Crippen molar-refractivity contribution in [3.8, 4) is 5.75 Å². The molecule has 214 valence electrons. The number of ether oxygens (including phenoxy) is 2. The fourth-order valence-corrected chi connectivity index (χ4v) is 5.80. The Bertz CT molecular complexity index is 1920. The zero-order chi connectivity index (χ0) is 29.0. The van der Waals surface area contributed by atoms with E-state index < -0.39 is 48.2 Å². The van der Waals surface area contributed by atoms with Gasteiger partial charge in [0.15, 0.2) is 6.23 Å². The number of aryl methyl sites for hydroxylation is 1. The summed E-state index contributed by atoms with van der Waals surface area (Å²) in [5, 5.41) is 32.6. The molecule has 41 heavy (non-hydrogen) atoms. The third kappa shape index (κ3) is 4.39. The highest BCUT2D eigenvalue weighted by Crippen LogP contribution is 2.37. The molecule has 1 fully saturated rings. The Balaban J connectivity index is 1.40. The summed E-state index contributed by atoms with van der Waals surface area (Å²) in [7, 11) is 1.57. The normalized spacial score (nSPS) is 20.9. The number of hydrogen-bond donors (Lipinski definition) is 3. The maximum atomic E-state index is 14.7. The molecule has 0 unspecified atom stereocenters. The van der Waals surface area contributed by atoms with Gasteiger partial charge in [0.05, 0.1) is 36.5 Å². The first-order chi connectivity index (χ1) is 19.7. The van der Waals surface area contributed by atoms with Crippen LogP contribution in [0.1, 0.15) is 12.6 Å². The lowest BCUT2D eigenvalue weighted by Gasteiger charge is -2.19. The minimum atomic E-state index is -1.61. The van der Waals surface area contributed by atoms with E-state index >= 15 is 0 Å². The smallest absolute Gasteiger partial charge is 0.333 e. The summed E-state index contributed by atoms with van der Waals surface area (Å²) in [4.78, 5) is 30.6. The number of methoxy groups -OCH3 is 1. The van der Waals surface area contributed by atoms with Crippen LogP contribution in [0.25, 0.3) is 32.7 Å². The molecular formula is C28H26ClFN4O7. The van der Waals surface area contributed by atoms with Crippen LogP contribution in [0.4, 0.5) is 4.39 Å². The molecule has 3 N–H and O–H groups in total. The number of benzene rings is 2. The summed E-state index contributed by atoms with van der Waals surface area (Å²) in [6, 6.07) is 13.1. The molecule has 0 bridgehead atoms. The molecule has 11 nitrogen and oxygen atoms in total. The van der Waals surface area contributed by atoms with E-state index in [1.54, 1.807) is 7.11 Å². The van der Waals surface area contributed by atoms with Crippen LogP contribution in [0.2, 0.25) is 5.15 Å². The lowest BCUT2D eigenvalue weighted by Crippen LogP contribution is -2.44. The number of nitrogens with zero attached hydrogens (tertiary/aromatic N) is 4. The van der Waals surface area contributed by atoms with Gasteiger partial charge >= 0.3 is 5.69 Å². The van der Waals surface area contributed by atoms with Crippen molar-refractivity contribution < 1.29 is 29.2 Å². The van der Waals surface area contributed by atoms with Crippen LogP contribution in [0.3, 0.4) is 0 Å². The van der Waals surface area contributed by atoms with Crippen molar-refractivity contribution in [2.75, 3.05) is 13.7 Å². The first kappa shape index (κ1) is 27.4. The molecule has 1 aliphatic heterocycles. The van der Waals surface area contributed by atoms with Crippen molar-refractivity contribution in [1.82, 2.24) is 18.7 Å². The largest absolute Gasteiger partial charge is 0.497 e. The van der Waals surface area contributed by atoms with E-state index in [2.05, 4.69) is 4.98 Å². The molecule has 6 rings (SSSR count). The third-order valence-corrected chi connectivity index (χ3v) is 7.85. The molecule has 3 aromatic heterocycles. The van der Waals surface area contributed by atoms with Crippen LogP contribution in [-0.4, -0.2) is 66.0 Å². The summed E-state index contributed by atoms with van der Waals surface area (Å²) >= 11 is 6.54. The van der Waals surface area contributed by atoms with E-state index in [0.29, 0.717) is 29.2 Å². The van der Waals surface area contributed by atoms with E-state index in [1.807, 2.05) is 47.0 Å². The number of halogens is 2. The zero-order valence-corrected chi connectivity index (χ0v) is 22.5. The zero-order valence-electron chi connectivity index (χ0n) is 21.8. The molecule has 0 amide bonds. The van der Waals surface area contributed by atoms with Gasteiger partial charge in [-0.15, -0.1) is 0 Å². The third-order valence-electron chi connectivity index (χ3n) is 7.57. The Labute approximate surface area is 236 Å². The molecule has 4 atom stereocenters. The predicted octanol–water partition coefficient (Wildman–Crippen LogP) is 2.17. The summed E-state index contributed by atoms with van der Waals surface area (Å²) in [6.45, 7) is -0.443. The Morgan fingerprint density at radius 2 is 1.78 bits per heavy atom. The van der Waals surface area contributed by atoms with E-state index in [4.69, 9.17) is 21.1 Å². The standard InChI is InChI=1S/C28H26ClFN4O7/c1-40-14-7-8-19-17(11-14)21-22(15-5-2-3-6-16(15)25(29)31-21)32(19)9-4-10-33-26(38)18(30)12-34(28(33)39)27-24(37)23(36)20(13-35)41-27/h2-3,5-8,11-12,20,23-24,27,35-37H,4,9-10,13H2,1H3/t20-,23-,24-,27-/m1/s1. The van der Waals surface area contributed by atoms with Gasteiger partial charge in [-0.1, -0.05) is 35.9 Å². The number of rotatable bonds is 7. The van der Waals surface area contributed by atoms with E-state index in [0.717, 1.165) is 36.3 Å². The number of aliphatic hydroxyl groups excluding tert-OH is 3. The monoisotopic (exact) mass is 584 g/mol. The minimum Gasteiger partial charge on any atom is -0.497 e. The van der Waals surface area contributed by atoms with Gasteiger partial charge in [0, 0.05) is 29.2 Å². The fraction of sp³-hybridized carbons (Fsp3) is 0.321. The lowest BCUT2D eigenvalue weighted by molar-refractivity contribution is -0.0560. The van der Waals surface area contributed by atoms with Gasteiger partial charge in [0.2, 0.25) is 5.82 Å². The van der Waals surface area contributed by atoms with Crippen molar-refractivity contribution in [1.29, 1.82) is 0 Å². The topological polar surface area (TPSA) is 141 Å². The van der Waals surface area contributed by atoms with Crippen molar-refractivity contribution in [2.45, 2.75) is 44.1 Å². The van der Waals surface area contributed by atoms with Gasteiger partial charge in [-0.2, -0.15) is 4.39 Å². The molecule has 1 aliphatic rings. The van der Waals surface area contributed by atoms with Crippen LogP contribution in [0.5, 0.6) is 5.75 Å². The van der Waals surface area contributed by atoms with E-state index in [1.165, 1.54) is 0 Å². The summed E-state index contributed by atoms with van der Waals surface area (Å²) in [6.07, 6.45) is -4.87. The average molecular weight is 585 g/mol. The molecule has 0 spiro atoms. The van der Waals surface area contributed by atoms with Crippen molar-refractivity contribution in [3.05, 3.63) is 80.5 Å². The van der Waals surface area contributed by atoms with Crippen LogP contribution in [0, 0.1) is 5.82 Å². The maximum Gasteiger partial charge on any atom is 0.333 e. The highest BCUT2D eigenvalue weighted by molar-refractivity contribution is 6.36. The first-order valence-electron chi connectivity index (χ1n) is 12.9. The average Bonchev–Trinajstić information content (AvgIpc) is 3.45. The number of aliphatic hydroxyl groups is 3. The Kier molecular flexibility index (Phi) is 7.04. The summed E-state index contributed by atoms with van der Waals surface area (Å²) in [5.41, 5.74) is 0.262. The molecule has 0 aliphatic carbocycles.